The Morgan fingerprint density at radius 2 is 2.25 bits per heavy atom. The van der Waals surface area contributed by atoms with Crippen molar-refractivity contribution in [3.63, 3.8) is 0 Å². The minimum atomic E-state index is -2.65. The summed E-state index contributed by atoms with van der Waals surface area (Å²) in [6.07, 6.45) is 0. The summed E-state index contributed by atoms with van der Waals surface area (Å²) in [6, 6.07) is -0.909. The summed E-state index contributed by atoms with van der Waals surface area (Å²) < 4.78 is 19.4. The lowest BCUT2D eigenvalue weighted by Gasteiger charge is -2.04. The molecule has 0 spiro atoms. The van der Waals surface area contributed by atoms with E-state index in [0.29, 0.717) is 0 Å². The average Bonchev–Trinajstić information content (AvgIpc) is 1.64. The third-order valence-electron chi connectivity index (χ3n) is 0.536. The quantitative estimate of drug-likeness (QED) is 0.456. The normalized spacial score (nSPS) is 17.4. The van der Waals surface area contributed by atoms with Crippen LogP contribution in [-0.4, -0.2) is 19.9 Å². The molecule has 48 valence electrons. The summed E-state index contributed by atoms with van der Waals surface area (Å²) in [4.78, 5) is 10.1. The van der Waals surface area contributed by atoms with Gasteiger partial charge in [0, 0.05) is 11.1 Å². The fraction of sp³-hybridized carbons (Fsp3) is 0.667. The van der Waals surface area contributed by atoms with Crippen LogP contribution in [0.25, 0.3) is 0 Å². The molecule has 0 rings (SSSR count). The monoisotopic (exact) mass is 136 g/mol. The van der Waals surface area contributed by atoms with Gasteiger partial charge in [0.2, 0.25) is 5.12 Å². The fourth-order valence-electron chi connectivity index (χ4n) is 0.152. The molecule has 2 N–H and O–H groups in total. The Labute approximate surface area is 49.3 Å². The molecule has 0 radical (unpaired) electrons. The Hall–Kier alpha value is -0.260. The van der Waals surface area contributed by atoms with E-state index >= 15 is 0 Å². The zero-order valence-electron chi connectivity index (χ0n) is 4.29. The molecular formula is C3H6NO3S-. The van der Waals surface area contributed by atoms with Crippen LogP contribution >= 0.6 is 0 Å². The van der Waals surface area contributed by atoms with Gasteiger partial charge in [-0.15, -0.1) is 0 Å². The van der Waals surface area contributed by atoms with Crippen molar-refractivity contribution in [1.82, 2.24) is 0 Å². The van der Waals surface area contributed by atoms with Crippen LogP contribution in [0.2, 0.25) is 0 Å². The first kappa shape index (κ1) is 7.74. The summed E-state index contributed by atoms with van der Waals surface area (Å²) in [5.41, 5.74) is 4.89. The predicted octanol–water partition coefficient (Wildman–Crippen LogP) is -1.26. The van der Waals surface area contributed by atoms with Crippen LogP contribution < -0.4 is 5.73 Å². The Morgan fingerprint density at radius 3 is 2.25 bits per heavy atom. The van der Waals surface area contributed by atoms with Crippen molar-refractivity contribution < 1.29 is 13.6 Å². The maximum absolute atomic E-state index is 10.1. The topological polar surface area (TPSA) is 83.2 Å². The van der Waals surface area contributed by atoms with Gasteiger partial charge in [-0.25, -0.2) is 0 Å². The van der Waals surface area contributed by atoms with Crippen LogP contribution in [0.5, 0.6) is 0 Å². The van der Waals surface area contributed by atoms with E-state index in [0.717, 1.165) is 0 Å². The molecule has 0 aromatic rings. The third-order valence-corrected chi connectivity index (χ3v) is 1.24. The summed E-state index contributed by atoms with van der Waals surface area (Å²) in [5.74, 6) is 0. The van der Waals surface area contributed by atoms with Gasteiger partial charge in [0.15, 0.2) is 0 Å². The van der Waals surface area contributed by atoms with Crippen molar-refractivity contribution in [2.45, 2.75) is 13.0 Å². The van der Waals surface area contributed by atoms with Crippen LogP contribution in [-0.2, 0) is 15.9 Å². The van der Waals surface area contributed by atoms with Gasteiger partial charge in [-0.2, -0.15) is 0 Å². The Balaban J connectivity index is 3.84. The molecule has 0 bridgehead atoms. The summed E-state index contributed by atoms with van der Waals surface area (Å²) in [6.45, 7) is 1.32. The van der Waals surface area contributed by atoms with Crippen molar-refractivity contribution in [3.8, 4) is 0 Å². The molecule has 0 aliphatic rings. The average molecular weight is 136 g/mol. The van der Waals surface area contributed by atoms with Crippen molar-refractivity contribution in [1.29, 1.82) is 0 Å². The van der Waals surface area contributed by atoms with E-state index in [1.54, 1.807) is 0 Å². The lowest BCUT2D eigenvalue weighted by molar-refractivity contribution is -0.112. The lowest BCUT2D eigenvalue weighted by Crippen LogP contribution is -2.29. The highest BCUT2D eigenvalue weighted by atomic mass is 32.2. The van der Waals surface area contributed by atoms with E-state index in [-0.39, 0.29) is 0 Å². The first-order valence-corrected chi connectivity index (χ1v) is 3.02. The molecule has 0 saturated heterocycles. The largest absolute Gasteiger partial charge is 0.766 e. The molecule has 2 unspecified atom stereocenters. The molecule has 0 aromatic carbocycles. The molecule has 0 aliphatic heterocycles. The molecule has 8 heavy (non-hydrogen) atoms. The standard InChI is InChI=1S/C3H7NO3S/c1-2(4)3(5)8(6)7/h2H,4H2,1H3,(H,6,7)/p-1. The minimum absolute atomic E-state index is 0.909. The Morgan fingerprint density at radius 1 is 1.88 bits per heavy atom. The zero-order valence-corrected chi connectivity index (χ0v) is 5.10. The first-order valence-electron chi connectivity index (χ1n) is 1.94. The van der Waals surface area contributed by atoms with E-state index in [1.165, 1.54) is 6.92 Å². The van der Waals surface area contributed by atoms with Gasteiger partial charge < -0.3 is 10.3 Å². The SMILES string of the molecule is CC(N)C(=O)S(=O)[O-]. The Bertz CT molecular complexity index is 122. The second-order valence-electron chi connectivity index (χ2n) is 1.34. The van der Waals surface area contributed by atoms with Gasteiger partial charge in [-0.3, -0.25) is 9.00 Å². The maximum atomic E-state index is 10.1. The number of hydrogen-bond acceptors (Lipinski definition) is 4. The third kappa shape index (κ3) is 2.15. The number of rotatable bonds is 1. The molecule has 2 atom stereocenters. The van der Waals surface area contributed by atoms with Crippen molar-refractivity contribution in [2.75, 3.05) is 0 Å². The first-order chi connectivity index (χ1) is 3.55. The maximum Gasteiger partial charge on any atom is 0.221 e. The number of hydrogen-bond donors (Lipinski definition) is 1. The molecule has 0 aliphatic carbocycles. The van der Waals surface area contributed by atoms with Crippen molar-refractivity contribution in [2.24, 2.45) is 5.73 Å². The number of carbonyl (C=O) groups excluding carboxylic acids is 1. The van der Waals surface area contributed by atoms with E-state index in [1.807, 2.05) is 0 Å². The number of carbonyl (C=O) groups is 1. The zero-order chi connectivity index (χ0) is 6.73. The van der Waals surface area contributed by atoms with Gasteiger partial charge in [0.05, 0.1) is 6.04 Å². The van der Waals surface area contributed by atoms with E-state index < -0.39 is 22.2 Å². The highest BCUT2D eigenvalue weighted by Gasteiger charge is 2.05. The second-order valence-corrected chi connectivity index (χ2v) is 2.21. The lowest BCUT2D eigenvalue weighted by atomic mass is 10.4. The summed E-state index contributed by atoms with van der Waals surface area (Å²) >= 11 is -2.65. The van der Waals surface area contributed by atoms with Crippen LogP contribution in [0.4, 0.5) is 0 Å². The molecule has 4 nitrogen and oxygen atoms in total. The molecule has 0 amide bonds. The molecular weight excluding hydrogens is 130 g/mol. The van der Waals surface area contributed by atoms with E-state index in [9.17, 15) is 13.6 Å². The van der Waals surface area contributed by atoms with Gasteiger partial charge in [0.25, 0.3) is 0 Å². The second kappa shape index (κ2) is 2.91. The van der Waals surface area contributed by atoms with Gasteiger partial charge in [-0.1, -0.05) is 0 Å². The summed E-state index contributed by atoms with van der Waals surface area (Å²) in [5, 5.41) is -0.954. The van der Waals surface area contributed by atoms with Crippen LogP contribution in [0.1, 0.15) is 6.92 Å². The smallest absolute Gasteiger partial charge is 0.221 e. The minimum Gasteiger partial charge on any atom is -0.766 e. The highest BCUT2D eigenvalue weighted by molar-refractivity contribution is 7.95. The van der Waals surface area contributed by atoms with Crippen molar-refractivity contribution in [3.05, 3.63) is 0 Å². The van der Waals surface area contributed by atoms with E-state index in [4.69, 9.17) is 5.73 Å². The van der Waals surface area contributed by atoms with Gasteiger partial charge >= 0.3 is 0 Å². The highest BCUT2D eigenvalue weighted by Crippen LogP contribution is 1.82. The van der Waals surface area contributed by atoms with Crippen LogP contribution in [0.3, 0.4) is 0 Å². The predicted molar refractivity (Wildman–Crippen MR) is 27.6 cm³/mol. The van der Waals surface area contributed by atoms with E-state index in [2.05, 4.69) is 0 Å². The van der Waals surface area contributed by atoms with Crippen molar-refractivity contribution >= 4 is 16.2 Å². The molecule has 0 saturated carbocycles. The molecule has 0 heterocycles. The molecule has 5 heteroatoms. The van der Waals surface area contributed by atoms with Gasteiger partial charge in [0.1, 0.15) is 0 Å². The molecule has 0 fully saturated rings. The molecule has 0 aromatic heterocycles. The number of nitrogens with two attached hydrogens (primary N) is 1. The van der Waals surface area contributed by atoms with Crippen LogP contribution in [0.15, 0.2) is 0 Å². The van der Waals surface area contributed by atoms with Gasteiger partial charge in [-0.05, 0) is 6.92 Å². The fourth-order valence-corrected chi connectivity index (χ4v) is 0.455. The van der Waals surface area contributed by atoms with Crippen LogP contribution in [0, 0.1) is 0 Å². The summed E-state index contributed by atoms with van der Waals surface area (Å²) in [7, 11) is 0. The Kier molecular flexibility index (Phi) is 2.81.